The molecule has 152 valence electrons. The molecular formula is C22H31N3O2S. The molecule has 0 radical (unpaired) electrons. The maximum Gasteiger partial charge on any atom is 0.245 e. The van der Waals surface area contributed by atoms with E-state index in [-0.39, 0.29) is 12.5 Å². The number of rotatable bonds is 5. The van der Waals surface area contributed by atoms with Crippen LogP contribution in [0.2, 0.25) is 0 Å². The van der Waals surface area contributed by atoms with Gasteiger partial charge in [-0.2, -0.15) is 0 Å². The highest BCUT2D eigenvalue weighted by atomic mass is 32.1. The van der Waals surface area contributed by atoms with Crippen LogP contribution in [0.4, 0.5) is 10.8 Å². The molecular weight excluding hydrogens is 370 g/mol. The predicted molar refractivity (Wildman–Crippen MR) is 117 cm³/mol. The number of fused-ring (bicyclic) bond motifs is 1. The average Bonchev–Trinajstić information content (AvgIpc) is 3.07. The predicted octanol–water partition coefficient (Wildman–Crippen LogP) is 5.42. The SMILES string of the molecule is COc1cccc(NCC(=O)Nc2nc3c(s2)CCCCCCCCCC3)c1. The maximum absolute atomic E-state index is 12.4. The van der Waals surface area contributed by atoms with Crippen LogP contribution in [0.1, 0.15) is 61.9 Å². The molecule has 1 aromatic carbocycles. The molecule has 0 bridgehead atoms. The standard InChI is InChI=1S/C22H31N3O2S/c1-27-18-12-10-11-17(15-18)23-16-21(26)25-22-24-19-13-8-6-4-2-3-5-7-9-14-20(19)28-22/h10-12,15,23H,2-9,13-14,16H2,1H3,(H,24,25,26). The van der Waals surface area contributed by atoms with E-state index >= 15 is 0 Å². The summed E-state index contributed by atoms with van der Waals surface area (Å²) in [6.07, 6.45) is 12.5. The molecule has 0 spiro atoms. The molecule has 3 rings (SSSR count). The minimum absolute atomic E-state index is 0.0763. The Hall–Kier alpha value is -2.08. The molecule has 0 unspecified atom stereocenters. The first-order chi connectivity index (χ1) is 13.7. The van der Waals surface area contributed by atoms with Gasteiger partial charge in [-0.25, -0.2) is 4.98 Å². The third-order valence-corrected chi connectivity index (χ3v) is 6.19. The number of carbonyl (C=O) groups is 1. The minimum atomic E-state index is -0.0763. The van der Waals surface area contributed by atoms with E-state index in [0.29, 0.717) is 0 Å². The third kappa shape index (κ3) is 6.51. The Morgan fingerprint density at radius 1 is 1.07 bits per heavy atom. The van der Waals surface area contributed by atoms with Crippen LogP contribution in [-0.4, -0.2) is 24.5 Å². The summed E-state index contributed by atoms with van der Waals surface area (Å²) in [5, 5.41) is 6.84. The van der Waals surface area contributed by atoms with Crippen LogP contribution in [0.5, 0.6) is 5.75 Å². The lowest BCUT2D eigenvalue weighted by Gasteiger charge is -2.07. The highest BCUT2D eigenvalue weighted by Crippen LogP contribution is 2.27. The first-order valence-electron chi connectivity index (χ1n) is 10.4. The van der Waals surface area contributed by atoms with Gasteiger partial charge in [0, 0.05) is 16.6 Å². The normalized spacial score (nSPS) is 15.6. The number of thiazole rings is 1. The van der Waals surface area contributed by atoms with Crippen molar-refractivity contribution >= 4 is 28.1 Å². The van der Waals surface area contributed by atoms with Gasteiger partial charge in [0.25, 0.3) is 0 Å². The van der Waals surface area contributed by atoms with Crippen LogP contribution in [0, 0.1) is 0 Å². The van der Waals surface area contributed by atoms with Crippen LogP contribution >= 0.6 is 11.3 Å². The summed E-state index contributed by atoms with van der Waals surface area (Å²) in [5.41, 5.74) is 2.06. The van der Waals surface area contributed by atoms with E-state index in [9.17, 15) is 4.79 Å². The van der Waals surface area contributed by atoms with Crippen molar-refractivity contribution in [1.29, 1.82) is 0 Å². The van der Waals surface area contributed by atoms with Crippen molar-refractivity contribution < 1.29 is 9.53 Å². The zero-order valence-electron chi connectivity index (χ0n) is 16.8. The average molecular weight is 402 g/mol. The highest BCUT2D eigenvalue weighted by molar-refractivity contribution is 7.15. The third-order valence-electron chi connectivity index (χ3n) is 5.11. The summed E-state index contributed by atoms with van der Waals surface area (Å²) in [7, 11) is 1.63. The quantitative estimate of drug-likeness (QED) is 0.702. The van der Waals surface area contributed by atoms with Crippen molar-refractivity contribution in [2.75, 3.05) is 24.3 Å². The van der Waals surface area contributed by atoms with Gasteiger partial charge in [0.15, 0.2) is 5.13 Å². The molecule has 0 atom stereocenters. The zero-order valence-corrected chi connectivity index (χ0v) is 17.6. The molecule has 5 nitrogen and oxygen atoms in total. The topological polar surface area (TPSA) is 63.2 Å². The molecule has 6 heteroatoms. The Labute approximate surface area is 171 Å². The molecule has 2 aromatic rings. The van der Waals surface area contributed by atoms with Gasteiger partial charge in [-0.05, 0) is 37.8 Å². The molecule has 1 amide bonds. The summed E-state index contributed by atoms with van der Waals surface area (Å²) >= 11 is 1.65. The first kappa shape index (κ1) is 20.6. The number of nitrogens with zero attached hydrogens (tertiary/aromatic N) is 1. The van der Waals surface area contributed by atoms with E-state index in [4.69, 9.17) is 9.72 Å². The van der Waals surface area contributed by atoms with Gasteiger partial charge in [-0.1, -0.05) is 44.6 Å². The van der Waals surface area contributed by atoms with E-state index in [1.807, 2.05) is 24.3 Å². The number of carbonyl (C=O) groups excluding carboxylic acids is 1. The van der Waals surface area contributed by atoms with E-state index < -0.39 is 0 Å². The van der Waals surface area contributed by atoms with Crippen molar-refractivity contribution in [3.05, 3.63) is 34.8 Å². The molecule has 2 N–H and O–H groups in total. The van der Waals surface area contributed by atoms with E-state index in [0.717, 1.165) is 29.4 Å². The second kappa shape index (κ2) is 11.1. The number of benzene rings is 1. The summed E-state index contributed by atoms with van der Waals surface area (Å²) in [4.78, 5) is 18.4. The fraction of sp³-hybridized carbons (Fsp3) is 0.545. The number of hydrogen-bond donors (Lipinski definition) is 2. The molecule has 0 aliphatic heterocycles. The Balaban J connectivity index is 1.55. The lowest BCUT2D eigenvalue weighted by molar-refractivity contribution is -0.114. The number of aryl methyl sites for hydroxylation is 2. The number of ether oxygens (including phenoxy) is 1. The molecule has 1 heterocycles. The van der Waals surface area contributed by atoms with Gasteiger partial charge in [0.1, 0.15) is 5.75 Å². The molecule has 0 saturated heterocycles. The number of anilines is 2. The van der Waals surface area contributed by atoms with E-state index in [1.54, 1.807) is 18.4 Å². The van der Waals surface area contributed by atoms with Crippen molar-refractivity contribution in [1.82, 2.24) is 4.98 Å². The van der Waals surface area contributed by atoms with Crippen molar-refractivity contribution in [3.8, 4) is 5.75 Å². The second-order valence-corrected chi connectivity index (χ2v) is 8.43. The highest BCUT2D eigenvalue weighted by Gasteiger charge is 2.13. The Kier molecular flexibility index (Phi) is 8.15. The molecule has 0 fully saturated rings. The van der Waals surface area contributed by atoms with Crippen molar-refractivity contribution in [2.24, 2.45) is 0 Å². The molecule has 1 aliphatic rings. The van der Waals surface area contributed by atoms with E-state index in [1.165, 1.54) is 61.9 Å². The lowest BCUT2D eigenvalue weighted by atomic mass is 10.0. The van der Waals surface area contributed by atoms with Gasteiger partial charge >= 0.3 is 0 Å². The first-order valence-corrected chi connectivity index (χ1v) is 11.2. The molecule has 28 heavy (non-hydrogen) atoms. The smallest absolute Gasteiger partial charge is 0.245 e. The van der Waals surface area contributed by atoms with Gasteiger partial charge < -0.3 is 15.4 Å². The summed E-state index contributed by atoms with van der Waals surface area (Å²) in [6.45, 7) is 0.206. The van der Waals surface area contributed by atoms with Gasteiger partial charge in [0.05, 0.1) is 19.3 Å². The van der Waals surface area contributed by atoms with Gasteiger partial charge in [0.2, 0.25) is 5.91 Å². The maximum atomic E-state index is 12.4. The summed E-state index contributed by atoms with van der Waals surface area (Å²) < 4.78 is 5.21. The number of aromatic nitrogens is 1. The number of amides is 1. The monoisotopic (exact) mass is 401 g/mol. The Morgan fingerprint density at radius 2 is 1.79 bits per heavy atom. The summed E-state index contributed by atoms with van der Waals surface area (Å²) in [6, 6.07) is 7.57. The van der Waals surface area contributed by atoms with Crippen molar-refractivity contribution in [2.45, 2.75) is 64.2 Å². The van der Waals surface area contributed by atoms with Crippen LogP contribution in [0.15, 0.2) is 24.3 Å². The lowest BCUT2D eigenvalue weighted by Crippen LogP contribution is -2.21. The fourth-order valence-electron chi connectivity index (χ4n) is 3.54. The number of nitrogens with one attached hydrogen (secondary N) is 2. The summed E-state index contributed by atoms with van der Waals surface area (Å²) in [5.74, 6) is 0.691. The molecule has 1 aromatic heterocycles. The largest absolute Gasteiger partial charge is 0.497 e. The van der Waals surface area contributed by atoms with Crippen molar-refractivity contribution in [3.63, 3.8) is 0 Å². The fourth-order valence-corrected chi connectivity index (χ4v) is 4.61. The molecule has 0 saturated carbocycles. The van der Waals surface area contributed by atoms with Gasteiger partial charge in [-0.3, -0.25) is 4.79 Å². The van der Waals surface area contributed by atoms with Crippen LogP contribution in [0.25, 0.3) is 0 Å². The van der Waals surface area contributed by atoms with E-state index in [2.05, 4.69) is 10.6 Å². The Bertz CT molecular complexity index is 730. The van der Waals surface area contributed by atoms with Crippen LogP contribution in [-0.2, 0) is 17.6 Å². The molecule has 1 aliphatic carbocycles. The van der Waals surface area contributed by atoms with Crippen LogP contribution in [0.3, 0.4) is 0 Å². The Morgan fingerprint density at radius 3 is 2.54 bits per heavy atom. The zero-order chi connectivity index (χ0) is 19.6. The van der Waals surface area contributed by atoms with Gasteiger partial charge in [-0.15, -0.1) is 11.3 Å². The second-order valence-electron chi connectivity index (χ2n) is 7.35. The number of hydrogen-bond acceptors (Lipinski definition) is 5. The number of methoxy groups -OCH3 is 1. The van der Waals surface area contributed by atoms with Crippen LogP contribution < -0.4 is 15.4 Å². The minimum Gasteiger partial charge on any atom is -0.497 e.